The monoisotopic (exact) mass is 352 g/mol. The maximum absolute atomic E-state index is 3.49. The van der Waals surface area contributed by atoms with E-state index in [1.54, 1.807) is 0 Å². The lowest BCUT2D eigenvalue weighted by Gasteiger charge is -2.16. The Kier molecular flexibility index (Phi) is 5.04. The SMILES string of the molecule is Brc1ccc(C[NH2+]C(c2ccccc2)c2ccccc2)cc1. The maximum atomic E-state index is 3.49. The second-order valence-electron chi connectivity index (χ2n) is 5.37. The van der Waals surface area contributed by atoms with Crippen molar-refractivity contribution in [3.05, 3.63) is 106 Å². The lowest BCUT2D eigenvalue weighted by molar-refractivity contribution is -0.702. The first kappa shape index (κ1) is 15.0. The Bertz CT molecular complexity index is 653. The highest BCUT2D eigenvalue weighted by molar-refractivity contribution is 9.10. The molecule has 0 fully saturated rings. The van der Waals surface area contributed by atoms with Crippen LogP contribution in [0.5, 0.6) is 0 Å². The summed E-state index contributed by atoms with van der Waals surface area (Å²) < 4.78 is 1.12. The molecule has 110 valence electrons. The van der Waals surface area contributed by atoms with Crippen LogP contribution < -0.4 is 5.32 Å². The summed E-state index contributed by atoms with van der Waals surface area (Å²) in [5.74, 6) is 0. The van der Waals surface area contributed by atoms with Crippen LogP contribution in [0.25, 0.3) is 0 Å². The van der Waals surface area contributed by atoms with Crippen LogP contribution >= 0.6 is 15.9 Å². The second kappa shape index (κ2) is 7.39. The molecule has 0 radical (unpaired) electrons. The molecule has 3 aromatic rings. The Morgan fingerprint density at radius 3 is 1.68 bits per heavy atom. The van der Waals surface area contributed by atoms with Gasteiger partial charge in [-0.15, -0.1) is 0 Å². The zero-order valence-electron chi connectivity index (χ0n) is 12.3. The smallest absolute Gasteiger partial charge is 0.138 e. The molecule has 0 bridgehead atoms. The quantitative estimate of drug-likeness (QED) is 0.704. The van der Waals surface area contributed by atoms with Crippen molar-refractivity contribution < 1.29 is 5.32 Å². The summed E-state index contributed by atoms with van der Waals surface area (Å²) >= 11 is 3.49. The van der Waals surface area contributed by atoms with Crippen molar-refractivity contribution in [3.63, 3.8) is 0 Å². The van der Waals surface area contributed by atoms with E-state index in [0.29, 0.717) is 6.04 Å². The Morgan fingerprint density at radius 1 is 0.682 bits per heavy atom. The van der Waals surface area contributed by atoms with Crippen LogP contribution in [0.4, 0.5) is 0 Å². The van der Waals surface area contributed by atoms with Gasteiger partial charge in [-0.2, -0.15) is 0 Å². The van der Waals surface area contributed by atoms with Crippen molar-refractivity contribution >= 4 is 15.9 Å². The number of quaternary nitrogens is 1. The Balaban J connectivity index is 1.81. The van der Waals surface area contributed by atoms with E-state index < -0.39 is 0 Å². The molecule has 0 aromatic heterocycles. The summed E-state index contributed by atoms with van der Waals surface area (Å²) in [6, 6.07) is 30.3. The van der Waals surface area contributed by atoms with Gasteiger partial charge in [-0.05, 0) is 12.1 Å². The fraction of sp³-hybridized carbons (Fsp3) is 0.100. The molecule has 0 aliphatic carbocycles. The predicted octanol–water partition coefficient (Wildman–Crippen LogP) is 4.30. The molecule has 0 saturated carbocycles. The molecule has 0 saturated heterocycles. The van der Waals surface area contributed by atoms with E-state index in [9.17, 15) is 0 Å². The zero-order chi connectivity index (χ0) is 15.2. The van der Waals surface area contributed by atoms with E-state index in [-0.39, 0.29) is 0 Å². The number of hydrogen-bond acceptors (Lipinski definition) is 0. The summed E-state index contributed by atoms with van der Waals surface area (Å²) in [6.45, 7) is 0.960. The molecule has 0 heterocycles. The maximum Gasteiger partial charge on any atom is 0.138 e. The molecular formula is C20H19BrN+. The van der Waals surface area contributed by atoms with Crippen molar-refractivity contribution in [1.29, 1.82) is 0 Å². The molecule has 0 aliphatic rings. The first-order valence-electron chi connectivity index (χ1n) is 7.50. The van der Waals surface area contributed by atoms with Crippen LogP contribution in [-0.2, 0) is 6.54 Å². The highest BCUT2D eigenvalue weighted by Gasteiger charge is 2.16. The van der Waals surface area contributed by atoms with Gasteiger partial charge in [0.05, 0.1) is 0 Å². The van der Waals surface area contributed by atoms with Crippen molar-refractivity contribution in [2.24, 2.45) is 0 Å². The van der Waals surface area contributed by atoms with Crippen LogP contribution in [0.15, 0.2) is 89.4 Å². The molecule has 0 spiro atoms. The van der Waals surface area contributed by atoms with E-state index in [2.05, 4.69) is 106 Å². The Labute approximate surface area is 140 Å². The Hall–Kier alpha value is -1.90. The lowest BCUT2D eigenvalue weighted by atomic mass is 9.98. The van der Waals surface area contributed by atoms with E-state index >= 15 is 0 Å². The van der Waals surface area contributed by atoms with Gasteiger partial charge in [-0.25, -0.2) is 0 Å². The fourth-order valence-electron chi connectivity index (χ4n) is 2.66. The molecule has 3 aromatic carbocycles. The molecule has 0 unspecified atom stereocenters. The van der Waals surface area contributed by atoms with Crippen molar-refractivity contribution in [1.82, 2.24) is 0 Å². The van der Waals surface area contributed by atoms with Gasteiger partial charge in [-0.1, -0.05) is 88.7 Å². The lowest BCUT2D eigenvalue weighted by Crippen LogP contribution is -2.83. The minimum atomic E-state index is 0.325. The highest BCUT2D eigenvalue weighted by atomic mass is 79.9. The van der Waals surface area contributed by atoms with Crippen molar-refractivity contribution in [3.8, 4) is 0 Å². The van der Waals surface area contributed by atoms with Gasteiger partial charge >= 0.3 is 0 Å². The summed E-state index contributed by atoms with van der Waals surface area (Å²) in [5, 5.41) is 2.40. The largest absolute Gasteiger partial charge is 0.333 e. The average molecular weight is 353 g/mol. The van der Waals surface area contributed by atoms with Crippen molar-refractivity contribution in [2.45, 2.75) is 12.6 Å². The topological polar surface area (TPSA) is 16.6 Å². The van der Waals surface area contributed by atoms with Crippen LogP contribution in [0.2, 0.25) is 0 Å². The molecule has 2 N–H and O–H groups in total. The zero-order valence-corrected chi connectivity index (χ0v) is 13.9. The van der Waals surface area contributed by atoms with Crippen LogP contribution in [0, 0.1) is 0 Å². The first-order valence-corrected chi connectivity index (χ1v) is 8.30. The van der Waals surface area contributed by atoms with E-state index in [1.165, 1.54) is 16.7 Å². The number of rotatable bonds is 5. The number of nitrogens with two attached hydrogens (primary N) is 1. The minimum Gasteiger partial charge on any atom is -0.333 e. The minimum absolute atomic E-state index is 0.325. The van der Waals surface area contributed by atoms with Crippen LogP contribution in [0.1, 0.15) is 22.7 Å². The summed E-state index contributed by atoms with van der Waals surface area (Å²) in [5.41, 5.74) is 4.01. The molecule has 0 aliphatic heterocycles. The van der Waals surface area contributed by atoms with E-state index in [4.69, 9.17) is 0 Å². The predicted molar refractivity (Wildman–Crippen MR) is 94.5 cm³/mol. The van der Waals surface area contributed by atoms with Gasteiger partial charge in [0, 0.05) is 21.2 Å². The molecule has 0 atom stereocenters. The standard InChI is InChI=1S/C20H18BrN/c21-19-13-11-16(12-14-19)15-22-20(17-7-3-1-4-8-17)18-9-5-2-6-10-18/h1-14,20,22H,15H2/p+1. The third-order valence-corrected chi connectivity index (χ3v) is 4.35. The molecule has 2 heteroatoms. The molecule has 22 heavy (non-hydrogen) atoms. The van der Waals surface area contributed by atoms with Gasteiger partial charge in [0.15, 0.2) is 0 Å². The molecule has 3 rings (SSSR count). The van der Waals surface area contributed by atoms with Crippen LogP contribution in [-0.4, -0.2) is 0 Å². The van der Waals surface area contributed by atoms with E-state index in [1.807, 2.05) is 0 Å². The van der Waals surface area contributed by atoms with Crippen molar-refractivity contribution in [2.75, 3.05) is 0 Å². The normalized spacial score (nSPS) is 10.8. The molecule has 0 amide bonds. The van der Waals surface area contributed by atoms with E-state index in [0.717, 1.165) is 11.0 Å². The third-order valence-electron chi connectivity index (χ3n) is 3.82. The summed E-state index contributed by atoms with van der Waals surface area (Å²) in [7, 11) is 0. The number of halogens is 1. The fourth-order valence-corrected chi connectivity index (χ4v) is 2.92. The van der Waals surface area contributed by atoms with Crippen LogP contribution in [0.3, 0.4) is 0 Å². The van der Waals surface area contributed by atoms with Gasteiger partial charge in [-0.3, -0.25) is 0 Å². The van der Waals surface area contributed by atoms with Gasteiger partial charge in [0.25, 0.3) is 0 Å². The summed E-state index contributed by atoms with van der Waals surface area (Å²) in [4.78, 5) is 0. The molecule has 1 nitrogen and oxygen atoms in total. The van der Waals surface area contributed by atoms with Gasteiger partial charge in [0.1, 0.15) is 12.6 Å². The van der Waals surface area contributed by atoms with Gasteiger partial charge in [0.2, 0.25) is 0 Å². The molecular weight excluding hydrogens is 334 g/mol. The first-order chi connectivity index (χ1) is 10.8. The number of hydrogen-bond donors (Lipinski definition) is 1. The summed E-state index contributed by atoms with van der Waals surface area (Å²) in [6.07, 6.45) is 0. The van der Waals surface area contributed by atoms with Gasteiger partial charge < -0.3 is 5.32 Å². The average Bonchev–Trinajstić information content (AvgIpc) is 2.59. The number of benzene rings is 3. The third kappa shape index (κ3) is 3.85. The second-order valence-corrected chi connectivity index (χ2v) is 6.28. The highest BCUT2D eigenvalue weighted by Crippen LogP contribution is 2.18. The Morgan fingerprint density at radius 2 is 1.18 bits per heavy atom.